The molecule has 2 aromatic rings. The van der Waals surface area contributed by atoms with Gasteiger partial charge < -0.3 is 4.74 Å². The molecule has 0 aromatic carbocycles. The summed E-state index contributed by atoms with van der Waals surface area (Å²) in [6, 6.07) is 5.65. The second-order valence-corrected chi connectivity index (χ2v) is 3.72. The van der Waals surface area contributed by atoms with Gasteiger partial charge in [-0.25, -0.2) is 9.48 Å². The third kappa shape index (κ3) is 2.53. The van der Waals surface area contributed by atoms with E-state index in [9.17, 15) is 4.79 Å². The van der Waals surface area contributed by atoms with E-state index in [1.807, 2.05) is 18.2 Å². The van der Waals surface area contributed by atoms with Crippen molar-refractivity contribution >= 4 is 5.97 Å². The highest BCUT2D eigenvalue weighted by Crippen LogP contribution is 2.07. The molecule has 0 bridgehead atoms. The first kappa shape index (κ1) is 12.2. The second-order valence-electron chi connectivity index (χ2n) is 3.72. The summed E-state index contributed by atoms with van der Waals surface area (Å²) in [5, 5.41) is 7.78. The van der Waals surface area contributed by atoms with E-state index >= 15 is 0 Å². The van der Waals surface area contributed by atoms with Gasteiger partial charge in [-0.2, -0.15) is 0 Å². The second kappa shape index (κ2) is 5.39. The van der Waals surface area contributed by atoms with Gasteiger partial charge >= 0.3 is 5.97 Å². The van der Waals surface area contributed by atoms with Crippen molar-refractivity contribution in [3.05, 3.63) is 41.5 Å². The van der Waals surface area contributed by atoms with Crippen LogP contribution in [0.4, 0.5) is 0 Å². The van der Waals surface area contributed by atoms with Gasteiger partial charge in [0.25, 0.3) is 0 Å². The first-order valence-corrected chi connectivity index (χ1v) is 5.69. The Bertz CT molecular complexity index is 536. The fraction of sp³-hybridized carbons (Fsp3) is 0.333. The average molecular weight is 246 g/mol. The van der Waals surface area contributed by atoms with E-state index in [-0.39, 0.29) is 5.69 Å². The van der Waals surface area contributed by atoms with Crippen molar-refractivity contribution in [3.8, 4) is 0 Å². The van der Waals surface area contributed by atoms with Crippen LogP contribution in [-0.4, -0.2) is 32.6 Å². The fourth-order valence-corrected chi connectivity index (χ4v) is 1.54. The first-order valence-electron chi connectivity index (χ1n) is 5.69. The number of aromatic nitrogens is 4. The van der Waals surface area contributed by atoms with E-state index in [4.69, 9.17) is 4.74 Å². The Morgan fingerprint density at radius 3 is 2.94 bits per heavy atom. The zero-order valence-corrected chi connectivity index (χ0v) is 10.3. The number of esters is 1. The Morgan fingerprint density at radius 1 is 1.44 bits per heavy atom. The predicted molar refractivity (Wildman–Crippen MR) is 64.1 cm³/mol. The summed E-state index contributed by atoms with van der Waals surface area (Å²) in [7, 11) is 0. The van der Waals surface area contributed by atoms with Gasteiger partial charge in [0, 0.05) is 6.20 Å². The maximum Gasteiger partial charge on any atom is 0.360 e. The number of rotatable bonds is 4. The summed E-state index contributed by atoms with van der Waals surface area (Å²) in [6.45, 7) is 4.35. The molecule has 0 amide bonds. The van der Waals surface area contributed by atoms with Gasteiger partial charge in [0.1, 0.15) is 0 Å². The van der Waals surface area contributed by atoms with Gasteiger partial charge in [-0.05, 0) is 26.0 Å². The van der Waals surface area contributed by atoms with Crippen LogP contribution in [0.5, 0.6) is 0 Å². The van der Waals surface area contributed by atoms with Crippen molar-refractivity contribution in [1.29, 1.82) is 0 Å². The van der Waals surface area contributed by atoms with Crippen molar-refractivity contribution in [2.45, 2.75) is 20.4 Å². The van der Waals surface area contributed by atoms with Crippen LogP contribution in [0.15, 0.2) is 24.4 Å². The average Bonchev–Trinajstić information content (AvgIpc) is 2.73. The Kier molecular flexibility index (Phi) is 3.66. The standard InChI is InChI=1S/C12H14N4O2/c1-3-18-12(17)11-9(2)16(15-14-11)8-10-6-4-5-7-13-10/h4-7H,3,8H2,1-2H3. The highest BCUT2D eigenvalue weighted by atomic mass is 16.5. The van der Waals surface area contributed by atoms with E-state index in [2.05, 4.69) is 15.3 Å². The van der Waals surface area contributed by atoms with Gasteiger partial charge in [-0.1, -0.05) is 11.3 Å². The molecule has 2 rings (SSSR count). The summed E-state index contributed by atoms with van der Waals surface area (Å²) < 4.78 is 6.54. The summed E-state index contributed by atoms with van der Waals surface area (Å²) >= 11 is 0. The molecule has 0 aliphatic rings. The molecule has 18 heavy (non-hydrogen) atoms. The molecular weight excluding hydrogens is 232 g/mol. The lowest BCUT2D eigenvalue weighted by atomic mass is 10.3. The van der Waals surface area contributed by atoms with E-state index in [0.29, 0.717) is 18.8 Å². The Hall–Kier alpha value is -2.24. The van der Waals surface area contributed by atoms with Gasteiger partial charge in [-0.3, -0.25) is 4.98 Å². The topological polar surface area (TPSA) is 69.9 Å². The molecule has 0 aliphatic carbocycles. The molecule has 94 valence electrons. The Labute approximate surface area is 105 Å². The first-order chi connectivity index (χ1) is 8.72. The molecule has 0 fully saturated rings. The fourth-order valence-electron chi connectivity index (χ4n) is 1.54. The van der Waals surface area contributed by atoms with Crippen LogP contribution in [0.3, 0.4) is 0 Å². The van der Waals surface area contributed by atoms with Gasteiger partial charge in [0.15, 0.2) is 5.69 Å². The number of nitrogens with zero attached hydrogens (tertiary/aromatic N) is 4. The van der Waals surface area contributed by atoms with Crippen LogP contribution in [0.25, 0.3) is 0 Å². The van der Waals surface area contributed by atoms with Crippen molar-refractivity contribution in [2.75, 3.05) is 6.61 Å². The molecule has 0 atom stereocenters. The monoisotopic (exact) mass is 246 g/mol. The minimum Gasteiger partial charge on any atom is -0.461 e. The predicted octanol–water partition coefficient (Wildman–Crippen LogP) is 1.21. The molecule has 2 heterocycles. The molecule has 0 unspecified atom stereocenters. The number of carbonyl (C=O) groups excluding carboxylic acids is 1. The van der Waals surface area contributed by atoms with E-state index in [1.165, 1.54) is 0 Å². The smallest absolute Gasteiger partial charge is 0.360 e. The van der Waals surface area contributed by atoms with Crippen LogP contribution in [0.2, 0.25) is 0 Å². The maximum absolute atomic E-state index is 11.6. The van der Waals surface area contributed by atoms with E-state index < -0.39 is 5.97 Å². The van der Waals surface area contributed by atoms with Crippen LogP contribution >= 0.6 is 0 Å². The molecule has 0 aliphatic heterocycles. The molecule has 0 saturated heterocycles. The number of carbonyl (C=O) groups is 1. The van der Waals surface area contributed by atoms with Crippen molar-refractivity contribution in [3.63, 3.8) is 0 Å². The summed E-state index contributed by atoms with van der Waals surface area (Å²) in [5.74, 6) is -0.442. The number of hydrogen-bond donors (Lipinski definition) is 0. The molecular formula is C12H14N4O2. The SMILES string of the molecule is CCOC(=O)c1nnn(Cc2ccccn2)c1C. The van der Waals surface area contributed by atoms with Crippen LogP contribution in [0.1, 0.15) is 28.8 Å². The molecule has 2 aromatic heterocycles. The van der Waals surface area contributed by atoms with Crippen LogP contribution in [0, 0.1) is 6.92 Å². The van der Waals surface area contributed by atoms with Crippen molar-refractivity contribution < 1.29 is 9.53 Å². The Morgan fingerprint density at radius 2 is 2.28 bits per heavy atom. The lowest BCUT2D eigenvalue weighted by Gasteiger charge is -2.03. The highest BCUT2D eigenvalue weighted by Gasteiger charge is 2.17. The maximum atomic E-state index is 11.6. The lowest BCUT2D eigenvalue weighted by molar-refractivity contribution is 0.0518. The van der Waals surface area contributed by atoms with Crippen molar-refractivity contribution in [1.82, 2.24) is 20.0 Å². The zero-order chi connectivity index (χ0) is 13.0. The summed E-state index contributed by atoms with van der Waals surface area (Å²) in [5.41, 5.74) is 1.80. The van der Waals surface area contributed by atoms with Crippen LogP contribution in [-0.2, 0) is 11.3 Å². The minimum absolute atomic E-state index is 0.257. The quantitative estimate of drug-likeness (QED) is 0.758. The van der Waals surface area contributed by atoms with Crippen LogP contribution < -0.4 is 0 Å². The highest BCUT2D eigenvalue weighted by molar-refractivity contribution is 5.88. The van der Waals surface area contributed by atoms with Gasteiger partial charge in [0.05, 0.1) is 24.5 Å². The summed E-state index contributed by atoms with van der Waals surface area (Å²) in [4.78, 5) is 15.8. The minimum atomic E-state index is -0.442. The third-order valence-electron chi connectivity index (χ3n) is 2.49. The molecule has 6 heteroatoms. The van der Waals surface area contributed by atoms with Gasteiger partial charge in [-0.15, -0.1) is 5.10 Å². The van der Waals surface area contributed by atoms with E-state index in [0.717, 1.165) is 5.69 Å². The zero-order valence-electron chi connectivity index (χ0n) is 10.3. The van der Waals surface area contributed by atoms with E-state index in [1.54, 1.807) is 24.7 Å². The molecule has 0 saturated carbocycles. The largest absolute Gasteiger partial charge is 0.461 e. The molecule has 0 spiro atoms. The number of ether oxygens (including phenoxy) is 1. The third-order valence-corrected chi connectivity index (χ3v) is 2.49. The number of pyridine rings is 1. The normalized spacial score (nSPS) is 10.3. The lowest BCUT2D eigenvalue weighted by Crippen LogP contribution is -2.09. The van der Waals surface area contributed by atoms with Crippen molar-refractivity contribution in [2.24, 2.45) is 0 Å². The molecule has 0 radical (unpaired) electrons. The molecule has 0 N–H and O–H groups in total. The van der Waals surface area contributed by atoms with Gasteiger partial charge in [0.2, 0.25) is 0 Å². The Balaban J connectivity index is 2.18. The molecule has 6 nitrogen and oxygen atoms in total. The number of hydrogen-bond acceptors (Lipinski definition) is 5. The summed E-state index contributed by atoms with van der Waals surface area (Å²) in [6.07, 6.45) is 1.72.